The minimum Gasteiger partial charge on any atom is -0.351 e. The number of benzene rings is 1. The van der Waals surface area contributed by atoms with E-state index < -0.39 is 17.8 Å². The van der Waals surface area contributed by atoms with E-state index in [0.717, 1.165) is 12.1 Å². The van der Waals surface area contributed by atoms with Gasteiger partial charge < -0.3 is 11.1 Å². The van der Waals surface area contributed by atoms with Crippen LogP contribution in [-0.2, 0) is 17.5 Å². The minimum absolute atomic E-state index is 0. The second-order valence-electron chi connectivity index (χ2n) is 3.70. The molecule has 0 aliphatic heterocycles. The van der Waals surface area contributed by atoms with Crippen molar-refractivity contribution in [1.82, 2.24) is 5.32 Å². The highest BCUT2D eigenvalue weighted by atomic mass is 35.5. The Kier molecular flexibility index (Phi) is 6.14. The SMILES string of the molecule is C[C@H](N)C(=O)NCc1ccc(C(F)(F)F)cc1.Cl. The van der Waals surface area contributed by atoms with Crippen molar-refractivity contribution in [2.75, 3.05) is 0 Å². The van der Waals surface area contributed by atoms with Gasteiger partial charge in [-0.15, -0.1) is 12.4 Å². The Morgan fingerprint density at radius 3 is 2.22 bits per heavy atom. The molecular weight excluding hydrogens is 269 g/mol. The van der Waals surface area contributed by atoms with Crippen molar-refractivity contribution < 1.29 is 18.0 Å². The van der Waals surface area contributed by atoms with E-state index in [1.54, 1.807) is 0 Å². The first-order valence-corrected chi connectivity index (χ1v) is 5.00. The third kappa shape index (κ3) is 4.93. The van der Waals surface area contributed by atoms with E-state index in [-0.39, 0.29) is 24.9 Å². The molecule has 7 heteroatoms. The maximum Gasteiger partial charge on any atom is 0.416 e. The number of rotatable bonds is 3. The van der Waals surface area contributed by atoms with Crippen LogP contribution >= 0.6 is 12.4 Å². The second kappa shape index (κ2) is 6.61. The molecule has 0 heterocycles. The zero-order chi connectivity index (χ0) is 13.1. The van der Waals surface area contributed by atoms with E-state index in [4.69, 9.17) is 5.73 Å². The van der Waals surface area contributed by atoms with Gasteiger partial charge in [0.1, 0.15) is 0 Å². The Hall–Kier alpha value is -1.27. The van der Waals surface area contributed by atoms with Crippen molar-refractivity contribution in [3.8, 4) is 0 Å². The van der Waals surface area contributed by atoms with Crippen molar-refractivity contribution in [1.29, 1.82) is 0 Å². The molecule has 1 atom stereocenters. The molecule has 0 spiro atoms. The molecular formula is C11H14ClF3N2O. The van der Waals surface area contributed by atoms with Gasteiger partial charge >= 0.3 is 6.18 Å². The van der Waals surface area contributed by atoms with Crippen molar-refractivity contribution in [2.45, 2.75) is 25.7 Å². The fourth-order valence-electron chi connectivity index (χ4n) is 1.16. The number of hydrogen-bond donors (Lipinski definition) is 2. The Morgan fingerprint density at radius 2 is 1.83 bits per heavy atom. The van der Waals surface area contributed by atoms with Gasteiger partial charge in [-0.1, -0.05) is 12.1 Å². The number of halogens is 4. The van der Waals surface area contributed by atoms with Crippen LogP contribution in [0.1, 0.15) is 18.1 Å². The van der Waals surface area contributed by atoms with Gasteiger partial charge in [0.2, 0.25) is 5.91 Å². The topological polar surface area (TPSA) is 55.1 Å². The summed E-state index contributed by atoms with van der Waals surface area (Å²) >= 11 is 0. The molecule has 1 rings (SSSR count). The number of carbonyl (C=O) groups is 1. The lowest BCUT2D eigenvalue weighted by atomic mass is 10.1. The summed E-state index contributed by atoms with van der Waals surface area (Å²) in [4.78, 5) is 11.1. The molecule has 1 amide bonds. The van der Waals surface area contributed by atoms with E-state index in [2.05, 4.69) is 5.32 Å². The third-order valence-electron chi connectivity index (χ3n) is 2.16. The number of amides is 1. The van der Waals surface area contributed by atoms with Crippen LogP contribution in [0.25, 0.3) is 0 Å². The number of carbonyl (C=O) groups excluding carboxylic acids is 1. The highest BCUT2D eigenvalue weighted by molar-refractivity contribution is 5.85. The molecule has 3 nitrogen and oxygen atoms in total. The molecule has 102 valence electrons. The maximum atomic E-state index is 12.3. The van der Waals surface area contributed by atoms with E-state index in [9.17, 15) is 18.0 Å². The summed E-state index contributed by atoms with van der Waals surface area (Å²) in [5, 5.41) is 2.51. The zero-order valence-electron chi connectivity index (χ0n) is 9.62. The van der Waals surface area contributed by atoms with Gasteiger partial charge in [-0.3, -0.25) is 4.79 Å². The molecule has 0 radical (unpaired) electrons. The molecule has 0 aliphatic rings. The van der Waals surface area contributed by atoms with Crippen LogP contribution < -0.4 is 11.1 Å². The number of alkyl halides is 3. The lowest BCUT2D eigenvalue weighted by molar-refractivity contribution is -0.137. The van der Waals surface area contributed by atoms with Crippen molar-refractivity contribution >= 4 is 18.3 Å². The third-order valence-corrected chi connectivity index (χ3v) is 2.16. The van der Waals surface area contributed by atoms with Crippen LogP contribution in [0.5, 0.6) is 0 Å². The molecule has 1 aromatic rings. The number of hydrogen-bond acceptors (Lipinski definition) is 2. The normalized spacial score (nSPS) is 12.5. The minimum atomic E-state index is -4.34. The Labute approximate surface area is 109 Å². The molecule has 0 bridgehead atoms. The standard InChI is InChI=1S/C11H13F3N2O.ClH/c1-7(15)10(17)16-6-8-2-4-9(5-3-8)11(12,13)14;/h2-5,7H,6,15H2,1H3,(H,16,17);1H/t7-;/m0./s1. The molecule has 0 saturated heterocycles. The quantitative estimate of drug-likeness (QED) is 0.892. The maximum absolute atomic E-state index is 12.3. The largest absolute Gasteiger partial charge is 0.416 e. The molecule has 3 N–H and O–H groups in total. The van der Waals surface area contributed by atoms with Gasteiger partial charge in [0.05, 0.1) is 11.6 Å². The summed E-state index contributed by atoms with van der Waals surface area (Å²) in [5.74, 6) is -0.343. The summed E-state index contributed by atoms with van der Waals surface area (Å²) < 4.78 is 36.8. The van der Waals surface area contributed by atoms with Crippen LogP contribution in [0, 0.1) is 0 Å². The first-order valence-electron chi connectivity index (χ1n) is 5.00. The van der Waals surface area contributed by atoms with Gasteiger partial charge in [0.25, 0.3) is 0 Å². The molecule has 0 fully saturated rings. The molecule has 0 unspecified atom stereocenters. The van der Waals surface area contributed by atoms with Gasteiger partial charge in [-0.2, -0.15) is 13.2 Å². The fraction of sp³-hybridized carbons (Fsp3) is 0.364. The van der Waals surface area contributed by atoms with Crippen molar-refractivity contribution in [3.05, 3.63) is 35.4 Å². The number of nitrogens with two attached hydrogens (primary N) is 1. The van der Waals surface area contributed by atoms with Gasteiger partial charge in [-0.25, -0.2) is 0 Å². The Morgan fingerprint density at radius 1 is 1.33 bits per heavy atom. The summed E-state index contributed by atoms with van der Waals surface area (Å²) in [6.45, 7) is 1.70. The van der Waals surface area contributed by atoms with Gasteiger partial charge in [0, 0.05) is 6.54 Å². The molecule has 0 aliphatic carbocycles. The first kappa shape index (κ1) is 16.7. The van der Waals surface area contributed by atoms with E-state index in [1.807, 2.05) is 0 Å². The first-order chi connectivity index (χ1) is 7.80. The second-order valence-corrected chi connectivity index (χ2v) is 3.70. The molecule has 0 aromatic heterocycles. The Bertz CT molecular complexity index is 390. The fourth-order valence-corrected chi connectivity index (χ4v) is 1.16. The summed E-state index contributed by atoms with van der Waals surface area (Å²) in [5.41, 5.74) is 5.20. The van der Waals surface area contributed by atoms with Crippen LogP contribution in [-0.4, -0.2) is 11.9 Å². The zero-order valence-corrected chi connectivity index (χ0v) is 10.4. The average Bonchev–Trinajstić information content (AvgIpc) is 2.25. The van der Waals surface area contributed by atoms with Crippen LogP contribution in [0.4, 0.5) is 13.2 Å². The lowest BCUT2D eigenvalue weighted by Crippen LogP contribution is -2.37. The van der Waals surface area contributed by atoms with E-state index >= 15 is 0 Å². The summed E-state index contributed by atoms with van der Waals surface area (Å²) in [7, 11) is 0. The smallest absolute Gasteiger partial charge is 0.351 e. The van der Waals surface area contributed by atoms with Crippen molar-refractivity contribution in [3.63, 3.8) is 0 Å². The highest BCUT2D eigenvalue weighted by Gasteiger charge is 2.29. The van der Waals surface area contributed by atoms with Crippen molar-refractivity contribution in [2.24, 2.45) is 5.73 Å². The molecule has 18 heavy (non-hydrogen) atoms. The monoisotopic (exact) mass is 282 g/mol. The van der Waals surface area contributed by atoms with E-state index in [0.29, 0.717) is 5.56 Å². The van der Waals surface area contributed by atoms with Crippen LogP contribution in [0.2, 0.25) is 0 Å². The van der Waals surface area contributed by atoms with Crippen LogP contribution in [0.3, 0.4) is 0 Å². The van der Waals surface area contributed by atoms with E-state index in [1.165, 1.54) is 19.1 Å². The lowest BCUT2D eigenvalue weighted by Gasteiger charge is -2.09. The summed E-state index contributed by atoms with van der Waals surface area (Å²) in [6, 6.07) is 3.97. The predicted octanol–water partition coefficient (Wildman–Crippen LogP) is 2.09. The average molecular weight is 283 g/mol. The molecule has 0 saturated carbocycles. The summed E-state index contributed by atoms with van der Waals surface area (Å²) in [6.07, 6.45) is -4.34. The number of nitrogens with one attached hydrogen (secondary N) is 1. The highest BCUT2D eigenvalue weighted by Crippen LogP contribution is 2.28. The van der Waals surface area contributed by atoms with Gasteiger partial charge in [0.15, 0.2) is 0 Å². The predicted molar refractivity (Wildman–Crippen MR) is 64.2 cm³/mol. The van der Waals surface area contributed by atoms with Crippen LogP contribution in [0.15, 0.2) is 24.3 Å². The Balaban J connectivity index is 0.00000289. The van der Waals surface area contributed by atoms with Gasteiger partial charge in [-0.05, 0) is 24.6 Å². The molecule has 1 aromatic carbocycles.